The van der Waals surface area contributed by atoms with E-state index in [1.54, 1.807) is 6.07 Å². The van der Waals surface area contributed by atoms with Crippen LogP contribution >= 0.6 is 0 Å². The molecule has 1 atom stereocenters. The predicted octanol–water partition coefficient (Wildman–Crippen LogP) is 4.81. The van der Waals surface area contributed by atoms with Gasteiger partial charge in [0.25, 0.3) is 0 Å². The molecular weight excluding hydrogens is 275 g/mol. The van der Waals surface area contributed by atoms with Crippen LogP contribution in [0.3, 0.4) is 0 Å². The van der Waals surface area contributed by atoms with E-state index in [4.69, 9.17) is 0 Å². The van der Waals surface area contributed by atoms with E-state index in [-0.39, 0.29) is 5.41 Å². The lowest BCUT2D eigenvalue weighted by atomic mass is 9.66. The van der Waals surface area contributed by atoms with Crippen LogP contribution in [0.5, 0.6) is 0 Å². The van der Waals surface area contributed by atoms with Gasteiger partial charge in [-0.25, -0.2) is 4.98 Å². The highest BCUT2D eigenvalue weighted by atomic mass is 19.1. The molecule has 2 nitrogen and oxygen atoms in total. The van der Waals surface area contributed by atoms with Crippen LogP contribution in [-0.2, 0) is 5.41 Å². The fraction of sp³-hybridized carbons (Fsp3) is 0.474. The average molecular weight is 298 g/mol. The summed E-state index contributed by atoms with van der Waals surface area (Å²) in [7, 11) is 0. The minimum absolute atomic E-state index is 0.323. The largest absolute Gasteiger partial charge is 0.260 e. The molecule has 22 heavy (non-hydrogen) atoms. The van der Waals surface area contributed by atoms with Crippen molar-refractivity contribution < 1.29 is 4.39 Å². The second-order valence-corrected chi connectivity index (χ2v) is 6.60. The van der Waals surface area contributed by atoms with Crippen LogP contribution in [0.25, 0.3) is 0 Å². The molecule has 1 unspecified atom stereocenters. The van der Waals surface area contributed by atoms with Crippen LogP contribution in [0.15, 0.2) is 36.5 Å². The van der Waals surface area contributed by atoms with E-state index in [0.29, 0.717) is 5.92 Å². The summed E-state index contributed by atoms with van der Waals surface area (Å²) >= 11 is 0. The van der Waals surface area contributed by atoms with Crippen molar-refractivity contribution in [1.82, 2.24) is 9.97 Å². The van der Waals surface area contributed by atoms with Crippen molar-refractivity contribution >= 4 is 0 Å². The molecule has 1 fully saturated rings. The molecule has 0 aliphatic heterocycles. The Morgan fingerprint density at radius 2 is 1.82 bits per heavy atom. The molecule has 1 aliphatic rings. The zero-order valence-electron chi connectivity index (χ0n) is 13.3. The molecule has 2 aromatic heterocycles. The molecule has 3 heteroatoms. The maximum absolute atomic E-state index is 13.7. The highest BCUT2D eigenvalue weighted by Crippen LogP contribution is 2.44. The van der Waals surface area contributed by atoms with Crippen molar-refractivity contribution in [2.45, 2.75) is 51.4 Å². The van der Waals surface area contributed by atoms with Gasteiger partial charge in [-0.2, -0.15) is 4.39 Å². The van der Waals surface area contributed by atoms with Gasteiger partial charge in [0.2, 0.25) is 5.95 Å². The third-order valence-corrected chi connectivity index (χ3v) is 5.11. The van der Waals surface area contributed by atoms with Gasteiger partial charge in [-0.1, -0.05) is 31.4 Å². The van der Waals surface area contributed by atoms with Crippen LogP contribution in [0.2, 0.25) is 0 Å². The minimum Gasteiger partial charge on any atom is -0.260 e. The Kier molecular flexibility index (Phi) is 4.23. The number of halogens is 1. The molecule has 0 aromatic carbocycles. The second-order valence-electron chi connectivity index (χ2n) is 6.60. The number of aromatic nitrogens is 2. The van der Waals surface area contributed by atoms with Gasteiger partial charge in [0, 0.05) is 6.20 Å². The Bertz CT molecular complexity index is 632. The van der Waals surface area contributed by atoms with Crippen molar-refractivity contribution in [2.24, 2.45) is 5.92 Å². The van der Waals surface area contributed by atoms with Crippen LogP contribution < -0.4 is 0 Å². The van der Waals surface area contributed by atoms with Gasteiger partial charge < -0.3 is 0 Å². The van der Waals surface area contributed by atoms with Crippen LogP contribution in [0.1, 0.15) is 56.0 Å². The molecule has 0 bridgehead atoms. The highest BCUT2D eigenvalue weighted by molar-refractivity contribution is 5.32. The third-order valence-electron chi connectivity index (χ3n) is 5.11. The maximum atomic E-state index is 13.7. The summed E-state index contributed by atoms with van der Waals surface area (Å²) in [4.78, 5) is 8.88. The Morgan fingerprint density at radius 3 is 2.45 bits per heavy atom. The van der Waals surface area contributed by atoms with Crippen LogP contribution in [0.4, 0.5) is 4.39 Å². The number of pyridine rings is 2. The SMILES string of the molecule is Cc1ccc(C(C)(c2cccc(F)n2)C2CCCCC2)nc1. The summed E-state index contributed by atoms with van der Waals surface area (Å²) in [5.41, 5.74) is 2.62. The molecule has 2 aromatic rings. The number of aryl methyl sites for hydroxylation is 1. The first kappa shape index (κ1) is 15.1. The summed E-state index contributed by atoms with van der Waals surface area (Å²) < 4.78 is 13.7. The topological polar surface area (TPSA) is 25.8 Å². The lowest BCUT2D eigenvalue weighted by molar-refractivity contribution is 0.244. The molecule has 2 heterocycles. The number of rotatable bonds is 3. The first-order valence-corrected chi connectivity index (χ1v) is 8.17. The van der Waals surface area contributed by atoms with Crippen LogP contribution in [-0.4, -0.2) is 9.97 Å². The van der Waals surface area contributed by atoms with Gasteiger partial charge in [-0.05, 0) is 56.4 Å². The van der Waals surface area contributed by atoms with Gasteiger partial charge in [0.05, 0.1) is 16.8 Å². The fourth-order valence-corrected chi connectivity index (χ4v) is 3.70. The molecule has 3 rings (SSSR count). The normalized spacial score (nSPS) is 18.9. The zero-order valence-corrected chi connectivity index (χ0v) is 13.3. The van der Waals surface area contributed by atoms with E-state index < -0.39 is 5.95 Å². The summed E-state index contributed by atoms with van der Waals surface area (Å²) in [5.74, 6) is 0.0532. The molecule has 0 spiro atoms. The van der Waals surface area contributed by atoms with E-state index in [0.717, 1.165) is 29.8 Å². The molecule has 116 valence electrons. The Balaban J connectivity index is 2.10. The van der Waals surface area contributed by atoms with Crippen molar-refractivity contribution in [2.75, 3.05) is 0 Å². The van der Waals surface area contributed by atoms with Gasteiger partial charge in [0.1, 0.15) is 0 Å². The number of hydrogen-bond acceptors (Lipinski definition) is 2. The monoisotopic (exact) mass is 298 g/mol. The highest BCUT2D eigenvalue weighted by Gasteiger charge is 2.40. The third kappa shape index (κ3) is 2.77. The quantitative estimate of drug-likeness (QED) is 0.760. The number of hydrogen-bond donors (Lipinski definition) is 0. The summed E-state index contributed by atoms with van der Waals surface area (Å²) in [6, 6.07) is 9.28. The van der Waals surface area contributed by atoms with Gasteiger partial charge in [-0.15, -0.1) is 0 Å². The first-order valence-electron chi connectivity index (χ1n) is 8.17. The van der Waals surface area contributed by atoms with Gasteiger partial charge in [0.15, 0.2) is 0 Å². The van der Waals surface area contributed by atoms with Crippen molar-refractivity contribution in [3.8, 4) is 0 Å². The van der Waals surface area contributed by atoms with Gasteiger partial charge in [-0.3, -0.25) is 4.98 Å². The van der Waals surface area contributed by atoms with E-state index in [1.807, 2.05) is 19.2 Å². The molecule has 0 amide bonds. The molecular formula is C19H23FN2. The van der Waals surface area contributed by atoms with E-state index >= 15 is 0 Å². The standard InChI is InChI=1S/C19H23FN2/c1-14-11-12-16(21-13-14)19(2,15-7-4-3-5-8-15)17-9-6-10-18(20)22-17/h6,9-13,15H,3-5,7-8H2,1-2H3. The lowest BCUT2D eigenvalue weighted by Crippen LogP contribution is -2.36. The fourth-order valence-electron chi connectivity index (χ4n) is 3.70. The van der Waals surface area contributed by atoms with E-state index in [2.05, 4.69) is 29.0 Å². The Hall–Kier alpha value is -1.77. The lowest BCUT2D eigenvalue weighted by Gasteiger charge is -2.39. The molecule has 0 N–H and O–H groups in total. The summed E-state index contributed by atoms with van der Waals surface area (Å²) in [6.45, 7) is 4.22. The van der Waals surface area contributed by atoms with E-state index in [9.17, 15) is 4.39 Å². The van der Waals surface area contributed by atoms with E-state index in [1.165, 1.54) is 25.3 Å². The molecule has 0 radical (unpaired) electrons. The van der Waals surface area contributed by atoms with Crippen molar-refractivity contribution in [3.05, 3.63) is 59.4 Å². The van der Waals surface area contributed by atoms with Gasteiger partial charge >= 0.3 is 0 Å². The summed E-state index contributed by atoms with van der Waals surface area (Å²) in [6.07, 6.45) is 7.98. The first-order chi connectivity index (χ1) is 10.6. The minimum atomic E-state index is -0.411. The Labute approximate surface area is 131 Å². The molecule has 1 saturated carbocycles. The maximum Gasteiger partial charge on any atom is 0.213 e. The molecule has 0 saturated heterocycles. The molecule has 1 aliphatic carbocycles. The predicted molar refractivity (Wildman–Crippen MR) is 86.2 cm³/mol. The van der Waals surface area contributed by atoms with Crippen molar-refractivity contribution in [1.29, 1.82) is 0 Å². The second kappa shape index (κ2) is 6.15. The smallest absolute Gasteiger partial charge is 0.213 e. The summed E-state index contributed by atoms with van der Waals surface area (Å²) in [5, 5.41) is 0. The van der Waals surface area contributed by atoms with Crippen LogP contribution in [0, 0.1) is 18.8 Å². The average Bonchev–Trinajstić information content (AvgIpc) is 2.55. The van der Waals surface area contributed by atoms with Crippen molar-refractivity contribution in [3.63, 3.8) is 0 Å². The Morgan fingerprint density at radius 1 is 1.05 bits per heavy atom. The zero-order chi connectivity index (χ0) is 15.6. The number of nitrogens with zero attached hydrogens (tertiary/aromatic N) is 2.